The molecule has 0 saturated heterocycles. The first-order valence-corrected chi connectivity index (χ1v) is 6.77. The number of rotatable bonds is 3. The summed E-state index contributed by atoms with van der Waals surface area (Å²) in [6.07, 6.45) is 7.12. The number of fused-ring (bicyclic) bond motifs is 1. The van der Waals surface area contributed by atoms with Crippen molar-refractivity contribution in [2.24, 2.45) is 7.05 Å². The molecule has 0 aliphatic heterocycles. The highest BCUT2D eigenvalue weighted by Gasteiger charge is 2.14. The fraction of sp³-hybridized carbons (Fsp3) is 0.188. The van der Waals surface area contributed by atoms with Gasteiger partial charge in [0.2, 0.25) is 0 Å². The van der Waals surface area contributed by atoms with Crippen LogP contribution in [0.2, 0.25) is 0 Å². The van der Waals surface area contributed by atoms with Crippen LogP contribution in [0.15, 0.2) is 49.1 Å². The number of pyridine rings is 1. The Morgan fingerprint density at radius 3 is 2.90 bits per heavy atom. The zero-order valence-corrected chi connectivity index (χ0v) is 11.9. The van der Waals surface area contributed by atoms with Crippen LogP contribution in [-0.2, 0) is 7.05 Å². The van der Waals surface area contributed by atoms with Crippen molar-refractivity contribution in [2.45, 2.75) is 13.0 Å². The largest absolute Gasteiger partial charge is 0.345 e. The maximum atomic E-state index is 12.5. The Kier molecular flexibility index (Phi) is 3.39. The van der Waals surface area contributed by atoms with Crippen molar-refractivity contribution in [3.05, 3.63) is 60.2 Å². The van der Waals surface area contributed by atoms with Gasteiger partial charge in [0.25, 0.3) is 5.91 Å². The normalized spacial score (nSPS) is 12.3. The molecule has 106 valence electrons. The summed E-state index contributed by atoms with van der Waals surface area (Å²) in [4.78, 5) is 16.6. The predicted octanol–water partition coefficient (Wildman–Crippen LogP) is 2.46. The number of nitrogens with zero attached hydrogens (tertiary/aromatic N) is 3. The number of amides is 1. The maximum Gasteiger partial charge on any atom is 0.252 e. The van der Waals surface area contributed by atoms with Crippen molar-refractivity contribution in [3.8, 4) is 0 Å². The van der Waals surface area contributed by atoms with Crippen LogP contribution in [0.25, 0.3) is 10.8 Å². The van der Waals surface area contributed by atoms with Gasteiger partial charge in [0, 0.05) is 42.2 Å². The Labute approximate surface area is 122 Å². The molecule has 2 heterocycles. The number of aryl methyl sites for hydroxylation is 1. The minimum absolute atomic E-state index is 0.0942. The molecule has 1 unspecified atom stereocenters. The molecule has 1 aromatic carbocycles. The second-order valence-corrected chi connectivity index (χ2v) is 5.04. The van der Waals surface area contributed by atoms with Crippen molar-refractivity contribution in [1.29, 1.82) is 0 Å². The van der Waals surface area contributed by atoms with E-state index < -0.39 is 0 Å². The SMILES string of the molecule is CC(NC(=O)c1cccc2cnccc12)c1cnn(C)c1. The van der Waals surface area contributed by atoms with Crippen molar-refractivity contribution in [3.63, 3.8) is 0 Å². The van der Waals surface area contributed by atoms with Gasteiger partial charge in [-0.15, -0.1) is 0 Å². The van der Waals surface area contributed by atoms with Crippen molar-refractivity contribution in [1.82, 2.24) is 20.1 Å². The maximum absolute atomic E-state index is 12.5. The zero-order chi connectivity index (χ0) is 14.8. The molecule has 3 aromatic rings. The minimum atomic E-state index is -0.0943. The Morgan fingerprint density at radius 1 is 1.29 bits per heavy atom. The zero-order valence-electron chi connectivity index (χ0n) is 11.9. The van der Waals surface area contributed by atoms with Crippen LogP contribution in [0, 0.1) is 0 Å². The quantitative estimate of drug-likeness (QED) is 0.801. The molecule has 5 heteroatoms. The van der Waals surface area contributed by atoms with Gasteiger partial charge in [-0.3, -0.25) is 14.5 Å². The van der Waals surface area contributed by atoms with E-state index in [1.54, 1.807) is 23.3 Å². The van der Waals surface area contributed by atoms with Gasteiger partial charge in [-0.25, -0.2) is 0 Å². The summed E-state index contributed by atoms with van der Waals surface area (Å²) in [5.74, 6) is -0.0943. The molecule has 0 spiro atoms. The first kappa shape index (κ1) is 13.3. The van der Waals surface area contributed by atoms with E-state index in [1.165, 1.54) is 0 Å². The van der Waals surface area contributed by atoms with E-state index in [0.717, 1.165) is 16.3 Å². The lowest BCUT2D eigenvalue weighted by molar-refractivity contribution is 0.0941. The van der Waals surface area contributed by atoms with Gasteiger partial charge in [0.05, 0.1) is 12.2 Å². The third-order valence-electron chi connectivity index (χ3n) is 3.50. The lowest BCUT2D eigenvalue weighted by Crippen LogP contribution is -2.26. The molecule has 0 fully saturated rings. The minimum Gasteiger partial charge on any atom is -0.345 e. The highest BCUT2D eigenvalue weighted by Crippen LogP contribution is 2.19. The van der Waals surface area contributed by atoms with Gasteiger partial charge in [-0.1, -0.05) is 12.1 Å². The molecule has 3 rings (SSSR count). The van der Waals surface area contributed by atoms with Crippen LogP contribution >= 0.6 is 0 Å². The summed E-state index contributed by atoms with van der Waals surface area (Å²) in [6.45, 7) is 1.95. The third kappa shape index (κ3) is 2.63. The van der Waals surface area contributed by atoms with Crippen LogP contribution in [0.4, 0.5) is 0 Å². The molecule has 0 radical (unpaired) electrons. The van der Waals surface area contributed by atoms with Crippen LogP contribution in [0.1, 0.15) is 28.9 Å². The van der Waals surface area contributed by atoms with Crippen LogP contribution in [0.3, 0.4) is 0 Å². The van der Waals surface area contributed by atoms with Crippen molar-refractivity contribution < 1.29 is 4.79 Å². The molecule has 0 aliphatic carbocycles. The molecule has 0 bridgehead atoms. The van der Waals surface area contributed by atoms with Crippen LogP contribution < -0.4 is 5.32 Å². The fourth-order valence-corrected chi connectivity index (χ4v) is 2.34. The monoisotopic (exact) mass is 280 g/mol. The van der Waals surface area contributed by atoms with E-state index >= 15 is 0 Å². The highest BCUT2D eigenvalue weighted by molar-refractivity contribution is 6.06. The molecule has 2 aromatic heterocycles. The standard InChI is InChI=1S/C16H16N4O/c1-11(13-9-18-20(2)10-13)19-16(21)15-5-3-4-12-8-17-7-6-14(12)15/h3-11H,1-2H3,(H,19,21). The van der Waals surface area contributed by atoms with E-state index in [1.807, 2.05) is 44.4 Å². The average Bonchev–Trinajstić information content (AvgIpc) is 2.93. The third-order valence-corrected chi connectivity index (χ3v) is 3.50. The number of hydrogen-bond donors (Lipinski definition) is 1. The predicted molar refractivity (Wildman–Crippen MR) is 80.8 cm³/mol. The van der Waals surface area contributed by atoms with Gasteiger partial charge in [0.15, 0.2) is 0 Å². The Hall–Kier alpha value is -2.69. The summed E-state index contributed by atoms with van der Waals surface area (Å²) in [7, 11) is 1.86. The number of carbonyl (C=O) groups excluding carboxylic acids is 1. The number of nitrogens with one attached hydrogen (secondary N) is 1. The molecular formula is C16H16N4O. The van der Waals surface area contributed by atoms with Gasteiger partial charge in [-0.2, -0.15) is 5.10 Å². The van der Waals surface area contributed by atoms with E-state index in [2.05, 4.69) is 15.4 Å². The first-order chi connectivity index (χ1) is 10.1. The van der Waals surface area contributed by atoms with Crippen molar-refractivity contribution >= 4 is 16.7 Å². The van der Waals surface area contributed by atoms with E-state index in [9.17, 15) is 4.79 Å². The molecule has 0 saturated carbocycles. The van der Waals surface area contributed by atoms with E-state index in [0.29, 0.717) is 5.56 Å². The summed E-state index contributed by atoms with van der Waals surface area (Å²) >= 11 is 0. The molecule has 5 nitrogen and oxygen atoms in total. The van der Waals surface area contributed by atoms with E-state index in [4.69, 9.17) is 0 Å². The van der Waals surface area contributed by atoms with Gasteiger partial charge < -0.3 is 5.32 Å². The Morgan fingerprint density at radius 2 is 2.14 bits per heavy atom. The average molecular weight is 280 g/mol. The summed E-state index contributed by atoms with van der Waals surface area (Å²) in [6, 6.07) is 7.41. The molecule has 1 amide bonds. The molecule has 0 aliphatic rings. The van der Waals surface area contributed by atoms with E-state index in [-0.39, 0.29) is 11.9 Å². The highest BCUT2D eigenvalue weighted by atomic mass is 16.1. The lowest BCUT2D eigenvalue weighted by Gasteiger charge is -2.13. The Bertz CT molecular complexity index is 788. The summed E-state index contributed by atoms with van der Waals surface area (Å²) < 4.78 is 1.72. The molecule has 1 N–H and O–H groups in total. The summed E-state index contributed by atoms with van der Waals surface area (Å²) in [5.41, 5.74) is 1.64. The smallest absolute Gasteiger partial charge is 0.252 e. The number of carbonyl (C=O) groups is 1. The second kappa shape index (κ2) is 5.36. The summed E-state index contributed by atoms with van der Waals surface area (Å²) in [5, 5.41) is 8.99. The van der Waals surface area contributed by atoms with Gasteiger partial charge in [0.1, 0.15) is 0 Å². The first-order valence-electron chi connectivity index (χ1n) is 6.77. The van der Waals surface area contributed by atoms with Crippen molar-refractivity contribution in [2.75, 3.05) is 0 Å². The topological polar surface area (TPSA) is 59.8 Å². The van der Waals surface area contributed by atoms with Crippen LogP contribution in [-0.4, -0.2) is 20.7 Å². The molecular weight excluding hydrogens is 264 g/mol. The lowest BCUT2D eigenvalue weighted by atomic mass is 10.1. The number of hydrogen-bond acceptors (Lipinski definition) is 3. The number of aromatic nitrogens is 3. The fourth-order valence-electron chi connectivity index (χ4n) is 2.34. The second-order valence-electron chi connectivity index (χ2n) is 5.04. The van der Waals surface area contributed by atoms with Crippen LogP contribution in [0.5, 0.6) is 0 Å². The molecule has 21 heavy (non-hydrogen) atoms. The number of benzene rings is 1. The van der Waals surface area contributed by atoms with Gasteiger partial charge in [-0.05, 0) is 24.4 Å². The van der Waals surface area contributed by atoms with Gasteiger partial charge >= 0.3 is 0 Å². The molecule has 1 atom stereocenters. The Balaban J connectivity index is 1.87.